The number of carbonyl (C=O) groups is 1. The average Bonchev–Trinajstić information content (AvgIpc) is 2.97. The predicted octanol–water partition coefficient (Wildman–Crippen LogP) is 2.68. The van der Waals surface area contributed by atoms with Crippen molar-refractivity contribution in [2.24, 2.45) is 5.92 Å². The van der Waals surface area contributed by atoms with E-state index in [1.54, 1.807) is 14.2 Å². The number of carbonyl (C=O) groups excluding carboxylic acids is 1. The van der Waals surface area contributed by atoms with E-state index in [1.165, 1.54) is 0 Å². The highest BCUT2D eigenvalue weighted by molar-refractivity contribution is 5.76. The van der Waals surface area contributed by atoms with Crippen LogP contribution in [-0.2, 0) is 11.3 Å². The van der Waals surface area contributed by atoms with E-state index in [0.29, 0.717) is 18.9 Å². The molecule has 1 aliphatic rings. The Kier molecular flexibility index (Phi) is 5.04. The summed E-state index contributed by atoms with van der Waals surface area (Å²) in [7, 11) is 3.24. The smallest absolute Gasteiger partial charge is 0.220 e. The second kappa shape index (κ2) is 6.98. The fourth-order valence-electron chi connectivity index (χ4n) is 2.39. The molecule has 0 fully saturated rings. The number of benzene rings is 1. The van der Waals surface area contributed by atoms with Gasteiger partial charge < -0.3 is 14.8 Å². The second-order valence-corrected chi connectivity index (χ2v) is 4.92. The molecule has 0 bridgehead atoms. The van der Waals surface area contributed by atoms with Gasteiger partial charge in [-0.05, 0) is 37.0 Å². The van der Waals surface area contributed by atoms with Crippen LogP contribution in [0.2, 0.25) is 0 Å². The first-order valence-corrected chi connectivity index (χ1v) is 6.87. The lowest BCUT2D eigenvalue weighted by atomic mass is 10.0. The summed E-state index contributed by atoms with van der Waals surface area (Å²) in [6, 6.07) is 5.57. The van der Waals surface area contributed by atoms with E-state index in [9.17, 15) is 4.79 Å². The lowest BCUT2D eigenvalue weighted by Crippen LogP contribution is -2.24. The lowest BCUT2D eigenvalue weighted by molar-refractivity contribution is -0.121. The van der Waals surface area contributed by atoms with Gasteiger partial charge in [0.25, 0.3) is 0 Å². The molecule has 1 unspecified atom stereocenters. The van der Waals surface area contributed by atoms with Crippen molar-refractivity contribution >= 4 is 5.91 Å². The minimum absolute atomic E-state index is 0.0754. The molecule has 0 heterocycles. The minimum atomic E-state index is 0.0754. The van der Waals surface area contributed by atoms with Crippen LogP contribution in [0.5, 0.6) is 11.5 Å². The zero-order valence-electron chi connectivity index (χ0n) is 12.0. The van der Waals surface area contributed by atoms with Crippen molar-refractivity contribution in [3.63, 3.8) is 0 Å². The molecule has 108 valence electrons. The molecule has 1 N–H and O–H groups in total. The maximum Gasteiger partial charge on any atom is 0.220 e. The van der Waals surface area contributed by atoms with Crippen LogP contribution < -0.4 is 14.8 Å². The van der Waals surface area contributed by atoms with Crippen LogP contribution in [-0.4, -0.2) is 20.1 Å². The molecule has 4 heteroatoms. The van der Waals surface area contributed by atoms with Crippen molar-refractivity contribution in [2.45, 2.75) is 25.8 Å². The van der Waals surface area contributed by atoms with Gasteiger partial charge in [0, 0.05) is 18.5 Å². The van der Waals surface area contributed by atoms with E-state index in [-0.39, 0.29) is 5.91 Å². The van der Waals surface area contributed by atoms with Gasteiger partial charge in [0.2, 0.25) is 5.91 Å². The number of ether oxygens (including phenoxy) is 2. The Hall–Kier alpha value is -1.97. The molecule has 0 radical (unpaired) electrons. The highest BCUT2D eigenvalue weighted by Gasteiger charge is 2.14. The topological polar surface area (TPSA) is 47.6 Å². The second-order valence-electron chi connectivity index (χ2n) is 4.92. The molecule has 1 aromatic rings. The molecular weight excluding hydrogens is 254 g/mol. The van der Waals surface area contributed by atoms with Gasteiger partial charge in [-0.3, -0.25) is 4.79 Å². The summed E-state index contributed by atoms with van der Waals surface area (Å²) in [5.74, 6) is 1.98. The van der Waals surface area contributed by atoms with Gasteiger partial charge in [0.1, 0.15) is 11.5 Å². The highest BCUT2D eigenvalue weighted by Crippen LogP contribution is 2.24. The molecule has 0 saturated carbocycles. The number of allylic oxidation sites excluding steroid dienone is 2. The lowest BCUT2D eigenvalue weighted by Gasteiger charge is -2.12. The van der Waals surface area contributed by atoms with Gasteiger partial charge in [0.15, 0.2) is 0 Å². The Morgan fingerprint density at radius 2 is 2.20 bits per heavy atom. The molecule has 0 saturated heterocycles. The first-order chi connectivity index (χ1) is 9.72. The molecular formula is C16H21NO3. The zero-order chi connectivity index (χ0) is 14.4. The summed E-state index contributed by atoms with van der Waals surface area (Å²) in [5, 5.41) is 2.94. The van der Waals surface area contributed by atoms with Crippen LogP contribution in [0, 0.1) is 5.92 Å². The van der Waals surface area contributed by atoms with Gasteiger partial charge >= 0.3 is 0 Å². The third kappa shape index (κ3) is 3.76. The molecule has 1 atom stereocenters. The largest absolute Gasteiger partial charge is 0.497 e. The van der Waals surface area contributed by atoms with Crippen LogP contribution in [0.15, 0.2) is 30.4 Å². The summed E-state index contributed by atoms with van der Waals surface area (Å²) in [5.41, 5.74) is 0.919. The zero-order valence-corrected chi connectivity index (χ0v) is 12.0. The summed E-state index contributed by atoms with van der Waals surface area (Å²) in [4.78, 5) is 11.9. The Morgan fingerprint density at radius 3 is 2.85 bits per heavy atom. The molecule has 2 rings (SSSR count). The number of hydrogen-bond donors (Lipinski definition) is 1. The SMILES string of the molecule is COc1ccc(OC)c(CNC(=O)CC2C=CCC2)c1. The highest BCUT2D eigenvalue weighted by atomic mass is 16.5. The first-order valence-electron chi connectivity index (χ1n) is 6.87. The van der Waals surface area contributed by atoms with Gasteiger partial charge in [-0.2, -0.15) is 0 Å². The van der Waals surface area contributed by atoms with E-state index >= 15 is 0 Å². The minimum Gasteiger partial charge on any atom is -0.497 e. The molecule has 0 aliphatic heterocycles. The summed E-state index contributed by atoms with van der Waals surface area (Å²) in [6.07, 6.45) is 7.00. The van der Waals surface area contributed by atoms with E-state index in [1.807, 2.05) is 18.2 Å². The third-order valence-corrected chi connectivity index (χ3v) is 3.52. The van der Waals surface area contributed by atoms with Gasteiger partial charge in [-0.15, -0.1) is 0 Å². The molecule has 0 aromatic heterocycles. The van der Waals surface area contributed by atoms with E-state index in [2.05, 4.69) is 17.5 Å². The average molecular weight is 275 g/mol. The van der Waals surface area contributed by atoms with Crippen molar-refractivity contribution < 1.29 is 14.3 Å². The Bertz CT molecular complexity index is 496. The third-order valence-electron chi connectivity index (χ3n) is 3.52. The fourth-order valence-corrected chi connectivity index (χ4v) is 2.39. The first kappa shape index (κ1) is 14.4. The van der Waals surface area contributed by atoms with Gasteiger partial charge in [-0.1, -0.05) is 12.2 Å². The molecule has 1 aliphatic carbocycles. The number of hydrogen-bond acceptors (Lipinski definition) is 3. The number of methoxy groups -OCH3 is 2. The normalized spacial score (nSPS) is 17.0. The van der Waals surface area contributed by atoms with Crippen molar-refractivity contribution in [1.82, 2.24) is 5.32 Å². The summed E-state index contributed by atoms with van der Waals surface area (Å²) >= 11 is 0. The van der Waals surface area contributed by atoms with Crippen molar-refractivity contribution in [1.29, 1.82) is 0 Å². The number of amides is 1. The Labute approximate surface area is 119 Å². The number of rotatable bonds is 6. The van der Waals surface area contributed by atoms with Crippen LogP contribution in [0.25, 0.3) is 0 Å². The van der Waals surface area contributed by atoms with Crippen LogP contribution in [0.1, 0.15) is 24.8 Å². The van der Waals surface area contributed by atoms with Crippen LogP contribution in [0.4, 0.5) is 0 Å². The monoisotopic (exact) mass is 275 g/mol. The van der Waals surface area contributed by atoms with Crippen LogP contribution >= 0.6 is 0 Å². The summed E-state index contributed by atoms with van der Waals surface area (Å²) < 4.78 is 10.5. The molecule has 20 heavy (non-hydrogen) atoms. The molecule has 4 nitrogen and oxygen atoms in total. The Morgan fingerprint density at radius 1 is 1.35 bits per heavy atom. The standard InChI is InChI=1S/C16H21NO3/c1-19-14-7-8-15(20-2)13(10-14)11-17-16(18)9-12-5-3-4-6-12/h3,5,7-8,10,12H,4,6,9,11H2,1-2H3,(H,17,18). The Balaban J connectivity index is 1.91. The maximum atomic E-state index is 11.9. The quantitative estimate of drug-likeness (QED) is 0.812. The fraction of sp³-hybridized carbons (Fsp3) is 0.438. The molecule has 1 aromatic carbocycles. The van der Waals surface area contributed by atoms with Gasteiger partial charge in [0.05, 0.1) is 14.2 Å². The summed E-state index contributed by atoms with van der Waals surface area (Å²) in [6.45, 7) is 0.454. The van der Waals surface area contributed by atoms with E-state index in [0.717, 1.165) is 29.9 Å². The molecule has 0 spiro atoms. The maximum absolute atomic E-state index is 11.9. The molecule has 1 amide bonds. The van der Waals surface area contributed by atoms with Crippen molar-refractivity contribution in [3.8, 4) is 11.5 Å². The van der Waals surface area contributed by atoms with Crippen molar-refractivity contribution in [2.75, 3.05) is 14.2 Å². The number of nitrogens with one attached hydrogen (secondary N) is 1. The predicted molar refractivity (Wildman–Crippen MR) is 77.9 cm³/mol. The van der Waals surface area contributed by atoms with Crippen molar-refractivity contribution in [3.05, 3.63) is 35.9 Å². The van der Waals surface area contributed by atoms with E-state index in [4.69, 9.17) is 9.47 Å². The van der Waals surface area contributed by atoms with Gasteiger partial charge in [-0.25, -0.2) is 0 Å². The van der Waals surface area contributed by atoms with Crippen LogP contribution in [0.3, 0.4) is 0 Å². The van der Waals surface area contributed by atoms with E-state index < -0.39 is 0 Å².